The maximum Gasteiger partial charge on any atom is 0.160 e. The molecule has 0 bridgehead atoms. The normalized spacial score (nSPS) is 23.2. The highest BCUT2D eigenvalue weighted by Gasteiger charge is 2.18. The lowest BCUT2D eigenvalue weighted by molar-refractivity contribution is -0.132. The maximum absolute atomic E-state index is 10.5. The van der Waals surface area contributed by atoms with Crippen molar-refractivity contribution < 1.29 is 24.2 Å². The monoisotopic (exact) mass is 137 g/mol. The Morgan fingerprint density at radius 1 is 1.89 bits per heavy atom. The van der Waals surface area contributed by atoms with Crippen LogP contribution in [-0.4, -0.2) is 39.9 Å². The van der Waals surface area contributed by atoms with E-state index in [-0.39, 0.29) is 0 Å². The highest BCUT2D eigenvalue weighted by atomic mass is 16.4. The minimum Gasteiger partial charge on any atom is -0.394 e. The maximum atomic E-state index is 10.5. The molecule has 0 rings (SSSR count). The molecular weight excluding hydrogens is 124 g/mol. The van der Waals surface area contributed by atoms with E-state index in [1.54, 1.807) is 0 Å². The minimum absolute atomic E-state index is 0.770. The van der Waals surface area contributed by atoms with E-state index in [0.29, 0.717) is 0 Å². The molecule has 3 N–H and O–H groups in total. The van der Waals surface area contributed by atoms with Crippen LogP contribution in [0.15, 0.2) is 0 Å². The zero-order valence-electron chi connectivity index (χ0n) is 7.61. The zero-order chi connectivity index (χ0) is 9.94. The number of ketones is 1. The quantitative estimate of drug-likeness (QED) is 0.433. The van der Waals surface area contributed by atoms with Crippen LogP contribution >= 0.6 is 0 Å². The van der Waals surface area contributed by atoms with Gasteiger partial charge in [-0.25, -0.2) is 0 Å². The summed E-state index contributed by atoms with van der Waals surface area (Å²) >= 11 is 0. The Morgan fingerprint density at radius 2 is 2.44 bits per heavy atom. The van der Waals surface area contributed by atoms with E-state index in [9.17, 15) is 4.79 Å². The minimum atomic E-state index is -3.04. The van der Waals surface area contributed by atoms with Crippen molar-refractivity contribution in [2.75, 3.05) is 6.56 Å². The van der Waals surface area contributed by atoms with E-state index in [2.05, 4.69) is 0 Å². The van der Waals surface area contributed by atoms with E-state index >= 15 is 0 Å². The first kappa shape index (κ1) is 4.38. The molecule has 0 aliphatic heterocycles. The van der Waals surface area contributed by atoms with Crippen LogP contribution in [-0.2, 0) is 4.79 Å². The fourth-order valence-electron chi connectivity index (χ4n) is 0.247. The molecule has 0 amide bonds. The third kappa shape index (κ3) is 2.55. The molecule has 0 aromatic heterocycles. The summed E-state index contributed by atoms with van der Waals surface area (Å²) in [5.41, 5.74) is 0. The van der Waals surface area contributed by atoms with Gasteiger partial charge in [-0.15, -0.1) is 0 Å². The van der Waals surface area contributed by atoms with Gasteiger partial charge in [-0.1, -0.05) is 0 Å². The summed E-state index contributed by atoms with van der Waals surface area (Å²) in [6.45, 7) is -3.81. The molecule has 0 spiro atoms. The highest BCUT2D eigenvalue weighted by molar-refractivity contribution is 5.80. The lowest BCUT2D eigenvalue weighted by Gasteiger charge is -2.10. The standard InChI is InChI=1S/C5H10O4/c1-3(7)5(9)4(8)2-6/h4-6,8-9H,2H2,1H3/t4-,5-/m1/s1/i1D,2D2. The molecule has 0 saturated carbocycles. The predicted octanol–water partition coefficient (Wildman–Crippen LogP) is -1.71. The molecule has 0 unspecified atom stereocenters. The Labute approximate surface area is 57.0 Å². The Hall–Kier alpha value is -0.450. The third-order valence-corrected chi connectivity index (χ3v) is 0.761. The molecule has 0 saturated heterocycles. The lowest BCUT2D eigenvalue weighted by Crippen LogP contribution is -2.34. The number of carbonyl (C=O) groups excluding carboxylic acids is 1. The van der Waals surface area contributed by atoms with E-state index in [1.165, 1.54) is 0 Å². The van der Waals surface area contributed by atoms with Gasteiger partial charge in [0.25, 0.3) is 0 Å². The van der Waals surface area contributed by atoms with E-state index < -0.39 is 31.4 Å². The van der Waals surface area contributed by atoms with Crippen molar-refractivity contribution in [3.05, 3.63) is 0 Å². The fraction of sp³-hybridized carbons (Fsp3) is 0.800. The molecule has 0 aromatic rings. The van der Waals surface area contributed by atoms with Crippen molar-refractivity contribution in [3.8, 4) is 0 Å². The molecule has 9 heavy (non-hydrogen) atoms. The van der Waals surface area contributed by atoms with Gasteiger partial charge in [-0.05, 0) is 6.90 Å². The van der Waals surface area contributed by atoms with Crippen LogP contribution in [0.1, 0.15) is 11.0 Å². The van der Waals surface area contributed by atoms with Gasteiger partial charge in [-0.3, -0.25) is 4.79 Å². The van der Waals surface area contributed by atoms with Crippen molar-refractivity contribution >= 4 is 5.78 Å². The summed E-state index contributed by atoms with van der Waals surface area (Å²) in [5, 5.41) is 26.1. The van der Waals surface area contributed by atoms with Crippen molar-refractivity contribution in [3.63, 3.8) is 0 Å². The van der Waals surface area contributed by atoms with E-state index in [4.69, 9.17) is 19.4 Å². The second kappa shape index (κ2) is 3.55. The average molecular weight is 137 g/mol. The van der Waals surface area contributed by atoms with Gasteiger partial charge in [-0.2, -0.15) is 0 Å². The predicted molar refractivity (Wildman–Crippen MR) is 29.8 cm³/mol. The molecule has 0 fully saturated rings. The van der Waals surface area contributed by atoms with Gasteiger partial charge in [0, 0.05) is 1.37 Å². The van der Waals surface area contributed by atoms with Gasteiger partial charge >= 0.3 is 0 Å². The second-order valence-corrected chi connectivity index (χ2v) is 1.49. The Balaban J connectivity index is 4.29. The van der Waals surface area contributed by atoms with Crippen LogP contribution < -0.4 is 0 Å². The van der Waals surface area contributed by atoms with Crippen LogP contribution in [0.3, 0.4) is 0 Å². The number of hydrogen-bond acceptors (Lipinski definition) is 4. The van der Waals surface area contributed by atoms with Crippen molar-refractivity contribution in [1.29, 1.82) is 0 Å². The Kier molecular flexibility index (Phi) is 1.73. The summed E-state index contributed by atoms with van der Waals surface area (Å²) in [7, 11) is 0. The van der Waals surface area contributed by atoms with Crippen LogP contribution in [0.25, 0.3) is 0 Å². The first-order valence-electron chi connectivity index (χ1n) is 3.92. The molecule has 4 heteroatoms. The SMILES string of the molecule is [2H]CC(=O)[C@@H](O)[C@H](O)C([2H])([2H])O. The summed E-state index contributed by atoms with van der Waals surface area (Å²) < 4.78 is 19.6. The summed E-state index contributed by atoms with van der Waals surface area (Å²) in [4.78, 5) is 10.5. The van der Waals surface area contributed by atoms with Crippen molar-refractivity contribution in [2.45, 2.75) is 19.1 Å². The van der Waals surface area contributed by atoms with Gasteiger partial charge in [0.2, 0.25) is 0 Å². The smallest absolute Gasteiger partial charge is 0.160 e. The number of aliphatic hydroxyl groups is 3. The van der Waals surface area contributed by atoms with E-state index in [0.717, 1.165) is 0 Å². The lowest BCUT2D eigenvalue weighted by atomic mass is 10.1. The van der Waals surface area contributed by atoms with Gasteiger partial charge in [0.1, 0.15) is 12.2 Å². The van der Waals surface area contributed by atoms with E-state index in [1.807, 2.05) is 0 Å². The molecule has 0 aliphatic carbocycles. The van der Waals surface area contributed by atoms with Gasteiger partial charge < -0.3 is 15.3 Å². The zero-order valence-corrected chi connectivity index (χ0v) is 4.61. The van der Waals surface area contributed by atoms with Crippen LogP contribution in [0.5, 0.6) is 0 Å². The Morgan fingerprint density at radius 3 is 2.78 bits per heavy atom. The third-order valence-electron chi connectivity index (χ3n) is 0.761. The van der Waals surface area contributed by atoms with Crippen LogP contribution in [0.4, 0.5) is 0 Å². The van der Waals surface area contributed by atoms with Gasteiger partial charge in [0.05, 0.1) is 9.30 Å². The van der Waals surface area contributed by atoms with Crippen molar-refractivity contribution in [1.82, 2.24) is 0 Å². The summed E-state index contributed by atoms with van der Waals surface area (Å²) in [6, 6.07) is 0. The topological polar surface area (TPSA) is 77.8 Å². The molecule has 0 aromatic carbocycles. The highest BCUT2D eigenvalue weighted by Crippen LogP contribution is 1.92. The first-order valence-corrected chi connectivity index (χ1v) is 2.21. The average Bonchev–Trinajstić information content (AvgIpc) is 1.98. The molecular formula is C5H10O4. The number of hydrogen-bond donors (Lipinski definition) is 3. The van der Waals surface area contributed by atoms with Crippen LogP contribution in [0, 0.1) is 0 Å². The number of aliphatic hydroxyl groups excluding tert-OH is 2. The number of Topliss-reactive ketones (excluding diaryl/α,β-unsaturated/α-hetero) is 1. The fourth-order valence-corrected chi connectivity index (χ4v) is 0.247. The molecule has 0 radical (unpaired) electrons. The summed E-state index contributed by atoms with van der Waals surface area (Å²) in [6.07, 6.45) is -4.27. The van der Waals surface area contributed by atoms with Gasteiger partial charge in [0.15, 0.2) is 5.78 Å². The summed E-state index contributed by atoms with van der Waals surface area (Å²) in [5.74, 6) is -1.04. The number of rotatable bonds is 3. The second-order valence-electron chi connectivity index (χ2n) is 1.49. The number of carbonyl (C=O) groups is 1. The molecule has 0 aliphatic rings. The molecule has 0 heterocycles. The molecule has 4 nitrogen and oxygen atoms in total. The van der Waals surface area contributed by atoms with Crippen molar-refractivity contribution in [2.24, 2.45) is 0 Å². The van der Waals surface area contributed by atoms with Crippen LogP contribution in [0.2, 0.25) is 0 Å². The molecule has 2 atom stereocenters. The molecule has 54 valence electrons. The Bertz CT molecular complexity index is 167. The first-order chi connectivity index (χ1) is 5.30. The largest absolute Gasteiger partial charge is 0.394 e.